The number of nitrogens with one attached hydrogen (secondary N) is 1. The van der Waals surface area contributed by atoms with Gasteiger partial charge in [0.25, 0.3) is 5.91 Å². The fourth-order valence-electron chi connectivity index (χ4n) is 4.53. The lowest BCUT2D eigenvalue weighted by Gasteiger charge is -2.16. The molecule has 41 heavy (non-hydrogen) atoms. The highest BCUT2D eigenvalue weighted by molar-refractivity contribution is 6.30. The summed E-state index contributed by atoms with van der Waals surface area (Å²) in [4.78, 5) is 25.6. The summed E-state index contributed by atoms with van der Waals surface area (Å²) in [5.74, 6) is -0.223. The molecule has 6 nitrogen and oxygen atoms in total. The highest BCUT2D eigenvalue weighted by Gasteiger charge is 2.24. The molecule has 0 aliphatic rings. The van der Waals surface area contributed by atoms with Gasteiger partial charge in [-0.15, -0.1) is 0 Å². The van der Waals surface area contributed by atoms with Gasteiger partial charge in [-0.1, -0.05) is 79.2 Å². The number of carbonyl (C=O) groups excluding carboxylic acids is 2. The van der Waals surface area contributed by atoms with E-state index in [1.807, 2.05) is 66.7 Å². The number of fused-ring (bicyclic) bond motifs is 1. The van der Waals surface area contributed by atoms with Gasteiger partial charge in [0.2, 0.25) is 0 Å². The number of hydrogen-bond donors (Lipinski definition) is 1. The van der Waals surface area contributed by atoms with Gasteiger partial charge in [0, 0.05) is 16.8 Å². The summed E-state index contributed by atoms with van der Waals surface area (Å²) in [6, 6.07) is 29.8. The Hall–Kier alpha value is -4.55. The molecule has 0 spiro atoms. The summed E-state index contributed by atoms with van der Waals surface area (Å²) in [5, 5.41) is 4.20. The SMILES string of the molecule is CCc1ccc(COc2ccc(CC(NC(=O)c3cc4ccc(-c5ccc(Cl)cc5)cc4o3)C(=O)OC)cc2)cc1. The Labute approximate surface area is 243 Å². The van der Waals surface area contributed by atoms with Gasteiger partial charge in [-0.05, 0) is 70.6 Å². The van der Waals surface area contributed by atoms with Gasteiger partial charge < -0.3 is 19.2 Å². The van der Waals surface area contributed by atoms with Gasteiger partial charge in [0.1, 0.15) is 24.0 Å². The third-order valence-electron chi connectivity index (χ3n) is 6.91. The van der Waals surface area contributed by atoms with Crippen molar-refractivity contribution in [2.24, 2.45) is 0 Å². The Morgan fingerprint density at radius 3 is 2.17 bits per heavy atom. The third kappa shape index (κ3) is 6.97. The van der Waals surface area contributed by atoms with Crippen LogP contribution in [0, 0.1) is 0 Å². The van der Waals surface area contributed by atoms with Crippen LogP contribution in [0.5, 0.6) is 5.75 Å². The number of ether oxygens (including phenoxy) is 2. The zero-order chi connectivity index (χ0) is 28.8. The van der Waals surface area contributed by atoms with E-state index in [9.17, 15) is 9.59 Å². The van der Waals surface area contributed by atoms with Crippen LogP contribution in [0.4, 0.5) is 0 Å². The van der Waals surface area contributed by atoms with E-state index >= 15 is 0 Å². The van der Waals surface area contributed by atoms with Gasteiger partial charge in [-0.25, -0.2) is 4.79 Å². The maximum atomic E-state index is 13.1. The average molecular weight is 568 g/mol. The van der Waals surface area contributed by atoms with Crippen LogP contribution in [0.15, 0.2) is 101 Å². The van der Waals surface area contributed by atoms with Crippen LogP contribution in [0.1, 0.15) is 34.2 Å². The van der Waals surface area contributed by atoms with Gasteiger partial charge in [0.05, 0.1) is 7.11 Å². The molecule has 0 aliphatic heterocycles. The number of aryl methyl sites for hydroxylation is 1. The largest absolute Gasteiger partial charge is 0.489 e. The summed E-state index contributed by atoms with van der Waals surface area (Å²) >= 11 is 6.00. The highest BCUT2D eigenvalue weighted by Crippen LogP contribution is 2.28. The predicted molar refractivity (Wildman–Crippen MR) is 160 cm³/mol. The molecule has 5 aromatic rings. The lowest BCUT2D eigenvalue weighted by molar-refractivity contribution is -0.142. The van der Waals surface area contributed by atoms with Crippen molar-refractivity contribution >= 4 is 34.4 Å². The smallest absolute Gasteiger partial charge is 0.328 e. The van der Waals surface area contributed by atoms with Gasteiger partial charge in [-0.2, -0.15) is 0 Å². The zero-order valence-corrected chi connectivity index (χ0v) is 23.6. The van der Waals surface area contributed by atoms with E-state index in [1.165, 1.54) is 12.7 Å². The van der Waals surface area contributed by atoms with Crippen LogP contribution in [-0.2, 0) is 29.0 Å². The lowest BCUT2D eigenvalue weighted by atomic mass is 10.0. The maximum absolute atomic E-state index is 13.1. The molecule has 208 valence electrons. The van der Waals surface area contributed by atoms with Crippen LogP contribution in [0.2, 0.25) is 5.02 Å². The Morgan fingerprint density at radius 2 is 1.49 bits per heavy atom. The highest BCUT2D eigenvalue weighted by atomic mass is 35.5. The van der Waals surface area contributed by atoms with Crippen LogP contribution in [0.3, 0.4) is 0 Å². The minimum absolute atomic E-state index is 0.109. The van der Waals surface area contributed by atoms with E-state index in [0.29, 0.717) is 23.0 Å². The zero-order valence-electron chi connectivity index (χ0n) is 22.9. The average Bonchev–Trinajstić information content (AvgIpc) is 3.44. The van der Waals surface area contributed by atoms with Crippen molar-refractivity contribution in [1.82, 2.24) is 5.32 Å². The summed E-state index contributed by atoms with van der Waals surface area (Å²) in [6.45, 7) is 2.59. The van der Waals surface area contributed by atoms with E-state index in [1.54, 1.807) is 6.07 Å². The van der Waals surface area contributed by atoms with Crippen LogP contribution in [-0.4, -0.2) is 25.0 Å². The molecular formula is C34H30ClNO5. The molecule has 1 N–H and O–H groups in total. The molecule has 0 fully saturated rings. The number of halogens is 1. The Kier molecular flexibility index (Phi) is 8.70. The first kappa shape index (κ1) is 28.0. The van der Waals surface area contributed by atoms with Crippen LogP contribution < -0.4 is 10.1 Å². The summed E-state index contributed by atoms with van der Waals surface area (Å²) < 4.78 is 16.7. The van der Waals surface area contributed by atoms with E-state index < -0.39 is 17.9 Å². The lowest BCUT2D eigenvalue weighted by Crippen LogP contribution is -2.42. The summed E-state index contributed by atoms with van der Waals surface area (Å²) in [7, 11) is 1.30. The maximum Gasteiger partial charge on any atom is 0.328 e. The number of carbonyl (C=O) groups is 2. The Morgan fingerprint density at radius 1 is 0.829 bits per heavy atom. The molecule has 1 unspecified atom stereocenters. The van der Waals surface area contributed by atoms with Gasteiger partial charge in [0.15, 0.2) is 5.76 Å². The first-order valence-electron chi connectivity index (χ1n) is 13.4. The van der Waals surface area contributed by atoms with Crippen molar-refractivity contribution in [3.05, 3.63) is 125 Å². The first-order valence-corrected chi connectivity index (χ1v) is 13.8. The van der Waals surface area contributed by atoms with Crippen molar-refractivity contribution in [2.45, 2.75) is 32.4 Å². The minimum Gasteiger partial charge on any atom is -0.489 e. The molecule has 0 saturated heterocycles. The molecule has 1 amide bonds. The van der Waals surface area contributed by atoms with Gasteiger partial charge in [-0.3, -0.25) is 4.79 Å². The summed E-state index contributed by atoms with van der Waals surface area (Å²) in [5.41, 5.74) is 5.70. The molecule has 1 heterocycles. The van der Waals surface area contributed by atoms with Crippen molar-refractivity contribution in [3.8, 4) is 16.9 Å². The van der Waals surface area contributed by atoms with Crippen molar-refractivity contribution < 1.29 is 23.5 Å². The third-order valence-corrected chi connectivity index (χ3v) is 7.16. The second kappa shape index (κ2) is 12.7. The number of rotatable bonds is 10. The molecule has 0 saturated carbocycles. The molecule has 5 rings (SSSR count). The number of hydrogen-bond acceptors (Lipinski definition) is 5. The number of amides is 1. The van der Waals surface area contributed by atoms with Gasteiger partial charge >= 0.3 is 5.97 Å². The second-order valence-electron chi connectivity index (χ2n) is 9.73. The van der Waals surface area contributed by atoms with E-state index in [0.717, 1.165) is 34.1 Å². The van der Waals surface area contributed by atoms with E-state index in [-0.39, 0.29) is 12.2 Å². The van der Waals surface area contributed by atoms with Crippen molar-refractivity contribution in [1.29, 1.82) is 0 Å². The van der Waals surface area contributed by atoms with E-state index in [4.69, 9.17) is 25.5 Å². The monoisotopic (exact) mass is 567 g/mol. The van der Waals surface area contributed by atoms with Crippen LogP contribution >= 0.6 is 11.6 Å². The summed E-state index contributed by atoms with van der Waals surface area (Å²) in [6.07, 6.45) is 1.25. The van der Waals surface area contributed by atoms with Crippen LogP contribution in [0.25, 0.3) is 22.1 Å². The quantitative estimate of drug-likeness (QED) is 0.178. The molecule has 0 radical (unpaired) electrons. The first-order chi connectivity index (χ1) is 19.9. The fourth-order valence-corrected chi connectivity index (χ4v) is 4.65. The topological polar surface area (TPSA) is 77.8 Å². The minimum atomic E-state index is -0.894. The molecule has 4 aromatic carbocycles. The van der Waals surface area contributed by atoms with Crippen molar-refractivity contribution in [2.75, 3.05) is 7.11 Å². The Balaban J connectivity index is 1.24. The van der Waals surface area contributed by atoms with Crippen molar-refractivity contribution in [3.63, 3.8) is 0 Å². The van der Waals surface area contributed by atoms with E-state index in [2.05, 4.69) is 36.5 Å². The molecule has 0 bridgehead atoms. The number of methoxy groups -OCH3 is 1. The Bertz CT molecular complexity index is 1640. The molecular weight excluding hydrogens is 538 g/mol. The number of esters is 1. The number of benzene rings is 4. The number of furan rings is 1. The molecule has 7 heteroatoms. The fraction of sp³-hybridized carbons (Fsp3) is 0.176. The molecule has 1 atom stereocenters. The molecule has 0 aliphatic carbocycles. The second-order valence-corrected chi connectivity index (χ2v) is 10.2. The predicted octanol–water partition coefficient (Wildman–Crippen LogP) is 7.41. The standard InChI is InChI=1S/C34H30ClNO5/c1-3-22-4-6-24(7-5-22)21-40-29-16-8-23(9-17-29)18-30(34(38)39-2)36-33(37)32-20-27-11-10-26(19-31(27)41-32)25-12-14-28(35)15-13-25/h4-17,19-20,30H,3,18,21H2,1-2H3,(H,36,37). The normalized spacial score (nSPS) is 11.7. The molecule has 1 aromatic heterocycles.